The minimum absolute atomic E-state index is 0.184. The van der Waals surface area contributed by atoms with Gasteiger partial charge in [-0.2, -0.15) is 0 Å². The van der Waals surface area contributed by atoms with Gasteiger partial charge in [0.15, 0.2) is 0 Å². The predicted octanol–water partition coefficient (Wildman–Crippen LogP) is 3.43. The van der Waals surface area contributed by atoms with Crippen LogP contribution in [0.3, 0.4) is 0 Å². The van der Waals surface area contributed by atoms with Gasteiger partial charge in [-0.3, -0.25) is 4.21 Å². The Hall–Kier alpha value is -0.740. The van der Waals surface area contributed by atoms with Crippen molar-refractivity contribution in [3.05, 3.63) is 35.6 Å². The van der Waals surface area contributed by atoms with Crippen LogP contribution in [0.4, 0.5) is 4.39 Å². The monoisotopic (exact) mass is 311 g/mol. The smallest absolute Gasteiger partial charge is 0.123 e. The van der Waals surface area contributed by atoms with Gasteiger partial charge in [-0.15, -0.1) is 0 Å². The fourth-order valence-electron chi connectivity index (χ4n) is 3.21. The van der Waals surface area contributed by atoms with Crippen molar-refractivity contribution in [3.63, 3.8) is 0 Å². The van der Waals surface area contributed by atoms with Gasteiger partial charge < -0.3 is 5.32 Å². The second-order valence-corrected chi connectivity index (χ2v) is 8.06. The van der Waals surface area contributed by atoms with Gasteiger partial charge >= 0.3 is 0 Å². The van der Waals surface area contributed by atoms with Crippen molar-refractivity contribution in [2.45, 2.75) is 63.3 Å². The lowest BCUT2D eigenvalue weighted by Gasteiger charge is -2.31. The number of hydrogen-bond acceptors (Lipinski definition) is 2. The van der Waals surface area contributed by atoms with E-state index in [0.717, 1.165) is 37.0 Å². The third-order valence-corrected chi connectivity index (χ3v) is 6.00. The van der Waals surface area contributed by atoms with Crippen LogP contribution in [0.1, 0.15) is 45.1 Å². The summed E-state index contributed by atoms with van der Waals surface area (Å²) in [7, 11) is -0.671. The Bertz CT molecular complexity index is 462. The lowest BCUT2D eigenvalue weighted by Crippen LogP contribution is -2.42. The second-order valence-electron chi connectivity index (χ2n) is 6.05. The van der Waals surface area contributed by atoms with Crippen LogP contribution in [0.25, 0.3) is 0 Å². The summed E-state index contributed by atoms with van der Waals surface area (Å²) in [5.74, 6) is 0.583. The molecule has 0 amide bonds. The average molecular weight is 311 g/mol. The predicted molar refractivity (Wildman–Crippen MR) is 87.4 cm³/mol. The molecule has 1 fully saturated rings. The van der Waals surface area contributed by atoms with Gasteiger partial charge in [-0.1, -0.05) is 25.5 Å². The number of hydrogen-bond donors (Lipinski definition) is 1. The van der Waals surface area contributed by atoms with Crippen molar-refractivity contribution in [1.29, 1.82) is 0 Å². The normalized spacial score (nSPS) is 25.5. The summed E-state index contributed by atoms with van der Waals surface area (Å²) in [5.41, 5.74) is 1.15. The molecular weight excluding hydrogens is 285 g/mol. The van der Waals surface area contributed by atoms with Crippen LogP contribution in [0.2, 0.25) is 0 Å². The zero-order valence-corrected chi connectivity index (χ0v) is 13.8. The summed E-state index contributed by atoms with van der Waals surface area (Å²) in [6.45, 7) is 4.17. The SMILES string of the molecule is CC[S@@](=O)[C@@H]1CCC[C@H](N[C@@H](C)Cc2ccc(F)cc2)C1. The molecule has 1 aliphatic carbocycles. The fourth-order valence-corrected chi connectivity index (χ4v) is 4.55. The van der Waals surface area contributed by atoms with Crippen molar-refractivity contribution in [1.82, 2.24) is 5.32 Å². The Labute approximate surface area is 130 Å². The van der Waals surface area contributed by atoms with E-state index in [9.17, 15) is 8.60 Å². The molecule has 0 unspecified atom stereocenters. The third-order valence-electron chi connectivity index (χ3n) is 4.26. The van der Waals surface area contributed by atoms with Gasteiger partial charge in [0.05, 0.1) is 0 Å². The molecule has 0 heterocycles. The molecule has 1 aromatic rings. The van der Waals surface area contributed by atoms with E-state index in [4.69, 9.17) is 0 Å². The molecule has 0 saturated heterocycles. The van der Waals surface area contributed by atoms with Gasteiger partial charge in [0, 0.05) is 33.9 Å². The highest BCUT2D eigenvalue weighted by Gasteiger charge is 2.26. The Morgan fingerprint density at radius 3 is 2.71 bits per heavy atom. The maximum atomic E-state index is 12.9. The lowest BCUT2D eigenvalue weighted by molar-refractivity contribution is 0.346. The first kappa shape index (κ1) is 16.6. The van der Waals surface area contributed by atoms with Crippen molar-refractivity contribution >= 4 is 10.8 Å². The third kappa shape index (κ3) is 5.19. The number of halogens is 1. The van der Waals surface area contributed by atoms with Crippen LogP contribution in [0.15, 0.2) is 24.3 Å². The zero-order chi connectivity index (χ0) is 15.2. The molecule has 0 aliphatic heterocycles. The summed E-state index contributed by atoms with van der Waals surface area (Å²) in [4.78, 5) is 0. The first-order valence-electron chi connectivity index (χ1n) is 7.96. The van der Waals surface area contributed by atoms with Crippen LogP contribution in [0.5, 0.6) is 0 Å². The van der Waals surface area contributed by atoms with E-state index in [0.29, 0.717) is 17.3 Å². The quantitative estimate of drug-likeness (QED) is 0.872. The van der Waals surface area contributed by atoms with Gasteiger partial charge in [0.1, 0.15) is 5.82 Å². The van der Waals surface area contributed by atoms with E-state index in [2.05, 4.69) is 12.2 Å². The molecule has 1 aromatic carbocycles. The fraction of sp³-hybridized carbons (Fsp3) is 0.647. The standard InChI is InChI=1S/C17H26FNOS/c1-3-21(20)17-6-4-5-16(12-17)19-13(2)11-14-7-9-15(18)10-8-14/h7-10,13,16-17,19H,3-6,11-12H2,1-2H3/t13-,16-,17+,21+/m0/s1. The molecule has 1 N–H and O–H groups in total. The molecule has 0 spiro atoms. The maximum Gasteiger partial charge on any atom is 0.123 e. The van der Waals surface area contributed by atoms with Crippen LogP contribution in [0, 0.1) is 5.82 Å². The Morgan fingerprint density at radius 1 is 1.33 bits per heavy atom. The van der Waals surface area contributed by atoms with Crippen LogP contribution < -0.4 is 5.32 Å². The van der Waals surface area contributed by atoms with E-state index >= 15 is 0 Å². The van der Waals surface area contributed by atoms with E-state index in [1.165, 1.54) is 18.6 Å². The maximum absolute atomic E-state index is 12.9. The molecule has 1 aliphatic rings. The average Bonchev–Trinajstić information content (AvgIpc) is 2.49. The number of benzene rings is 1. The molecular formula is C17H26FNOS. The van der Waals surface area contributed by atoms with Gasteiger partial charge in [0.25, 0.3) is 0 Å². The molecule has 0 bridgehead atoms. The molecule has 0 aromatic heterocycles. The second kappa shape index (κ2) is 8.04. The highest BCUT2D eigenvalue weighted by atomic mass is 32.2. The first-order chi connectivity index (χ1) is 10.1. The van der Waals surface area contributed by atoms with Gasteiger partial charge in [-0.25, -0.2) is 4.39 Å². The molecule has 4 heteroatoms. The van der Waals surface area contributed by atoms with E-state index < -0.39 is 10.8 Å². The number of nitrogens with one attached hydrogen (secondary N) is 1. The summed E-state index contributed by atoms with van der Waals surface area (Å²) in [6, 6.07) is 7.56. The molecule has 21 heavy (non-hydrogen) atoms. The van der Waals surface area contributed by atoms with Crippen LogP contribution in [-0.2, 0) is 17.2 Å². The van der Waals surface area contributed by atoms with Crippen molar-refractivity contribution in [2.75, 3.05) is 5.75 Å². The largest absolute Gasteiger partial charge is 0.311 e. The van der Waals surface area contributed by atoms with Gasteiger partial charge in [0.2, 0.25) is 0 Å². The van der Waals surface area contributed by atoms with Crippen LogP contribution in [-0.4, -0.2) is 27.3 Å². The summed E-state index contributed by atoms with van der Waals surface area (Å²) >= 11 is 0. The van der Waals surface area contributed by atoms with Crippen molar-refractivity contribution < 1.29 is 8.60 Å². The highest BCUT2D eigenvalue weighted by molar-refractivity contribution is 7.85. The summed E-state index contributed by atoms with van der Waals surface area (Å²) in [5, 5.41) is 4.02. The highest BCUT2D eigenvalue weighted by Crippen LogP contribution is 2.23. The summed E-state index contributed by atoms with van der Waals surface area (Å²) < 4.78 is 24.9. The van der Waals surface area contributed by atoms with E-state index in [1.807, 2.05) is 19.1 Å². The lowest BCUT2D eigenvalue weighted by atomic mass is 9.94. The van der Waals surface area contributed by atoms with Gasteiger partial charge in [-0.05, 0) is 50.3 Å². The Kier molecular flexibility index (Phi) is 6.37. The molecule has 1 saturated carbocycles. The molecule has 4 atom stereocenters. The molecule has 118 valence electrons. The Morgan fingerprint density at radius 2 is 2.05 bits per heavy atom. The van der Waals surface area contributed by atoms with Crippen LogP contribution >= 0.6 is 0 Å². The molecule has 2 rings (SSSR count). The van der Waals surface area contributed by atoms with E-state index in [1.54, 1.807) is 0 Å². The first-order valence-corrected chi connectivity index (χ1v) is 9.34. The molecule has 2 nitrogen and oxygen atoms in total. The topological polar surface area (TPSA) is 29.1 Å². The number of rotatable bonds is 6. The summed E-state index contributed by atoms with van der Waals surface area (Å²) in [6.07, 6.45) is 5.36. The van der Waals surface area contributed by atoms with Crippen molar-refractivity contribution in [2.24, 2.45) is 0 Å². The Balaban J connectivity index is 1.83. The minimum Gasteiger partial charge on any atom is -0.311 e. The van der Waals surface area contributed by atoms with E-state index in [-0.39, 0.29) is 5.82 Å². The van der Waals surface area contributed by atoms with Crippen molar-refractivity contribution in [3.8, 4) is 0 Å². The zero-order valence-electron chi connectivity index (χ0n) is 13.0. The molecule has 0 radical (unpaired) electrons. The minimum atomic E-state index is -0.671.